The Morgan fingerprint density at radius 1 is 1.18 bits per heavy atom. The Morgan fingerprint density at radius 3 is 2.42 bits per heavy atom. The molecule has 8 heteroatoms. The van der Waals surface area contributed by atoms with Gasteiger partial charge in [-0.2, -0.15) is 5.01 Å². The first-order valence-electron chi connectivity index (χ1n) is 11.7. The Bertz CT molecular complexity index is 893. The number of nitrogens with one attached hydrogen (secondary N) is 1. The van der Waals surface area contributed by atoms with Crippen molar-refractivity contribution in [2.24, 2.45) is 5.92 Å². The Labute approximate surface area is 196 Å². The second-order valence-corrected chi connectivity index (χ2v) is 8.95. The van der Waals surface area contributed by atoms with Crippen LogP contribution in [0, 0.1) is 18.3 Å². The Balaban J connectivity index is 1.96. The van der Waals surface area contributed by atoms with Crippen LogP contribution in [0.2, 0.25) is 0 Å². The summed E-state index contributed by atoms with van der Waals surface area (Å²) >= 11 is 0. The van der Waals surface area contributed by atoms with Gasteiger partial charge in [-0.05, 0) is 24.3 Å². The fourth-order valence-corrected chi connectivity index (χ4v) is 4.87. The molecule has 0 saturated carbocycles. The lowest BCUT2D eigenvalue weighted by molar-refractivity contribution is -0.194. The molecule has 0 radical (unpaired) electrons. The number of amides is 4. The van der Waals surface area contributed by atoms with Gasteiger partial charge < -0.3 is 15.1 Å². The molecular weight excluding hydrogens is 418 g/mol. The van der Waals surface area contributed by atoms with Gasteiger partial charge in [0.1, 0.15) is 12.2 Å². The van der Waals surface area contributed by atoms with Gasteiger partial charge in [0.2, 0.25) is 11.8 Å². The molecule has 2 aliphatic rings. The lowest BCUT2D eigenvalue weighted by Crippen LogP contribution is -2.77. The van der Waals surface area contributed by atoms with E-state index in [1.807, 2.05) is 49.1 Å². The lowest BCUT2D eigenvalue weighted by Gasteiger charge is -2.56. The first-order chi connectivity index (χ1) is 15.8. The van der Waals surface area contributed by atoms with Crippen LogP contribution >= 0.6 is 0 Å². The Morgan fingerprint density at radius 2 is 1.85 bits per heavy atom. The van der Waals surface area contributed by atoms with E-state index >= 15 is 0 Å². The number of fused-ring (bicyclic) bond motifs is 1. The van der Waals surface area contributed by atoms with Crippen molar-refractivity contribution in [1.82, 2.24) is 25.1 Å². The molecule has 2 aliphatic heterocycles. The number of terminal acetylenes is 1. The van der Waals surface area contributed by atoms with Gasteiger partial charge in [0.15, 0.2) is 0 Å². The molecule has 2 saturated heterocycles. The first-order valence-corrected chi connectivity index (χ1v) is 11.7. The maximum absolute atomic E-state index is 13.5. The van der Waals surface area contributed by atoms with Gasteiger partial charge in [-0.3, -0.25) is 9.59 Å². The number of carbonyl (C=O) groups is 3. The zero-order chi connectivity index (χ0) is 24.1. The van der Waals surface area contributed by atoms with Crippen molar-refractivity contribution in [2.75, 3.05) is 19.6 Å². The molecule has 2 fully saturated rings. The van der Waals surface area contributed by atoms with Crippen LogP contribution in [-0.2, 0) is 16.1 Å². The van der Waals surface area contributed by atoms with Crippen LogP contribution in [0.15, 0.2) is 30.3 Å². The minimum absolute atomic E-state index is 0.0407. The molecule has 8 nitrogen and oxygen atoms in total. The number of piperazine rings is 1. The van der Waals surface area contributed by atoms with E-state index in [0.717, 1.165) is 18.4 Å². The van der Waals surface area contributed by atoms with E-state index in [-0.39, 0.29) is 49.4 Å². The largest absolute Gasteiger partial charge is 0.334 e. The minimum Gasteiger partial charge on any atom is -0.334 e. The predicted octanol–water partition coefficient (Wildman–Crippen LogP) is 2.27. The van der Waals surface area contributed by atoms with Crippen LogP contribution in [0.25, 0.3) is 0 Å². The second kappa shape index (κ2) is 10.7. The van der Waals surface area contributed by atoms with E-state index < -0.39 is 12.2 Å². The number of rotatable bonds is 7. The zero-order valence-corrected chi connectivity index (χ0v) is 20.0. The molecule has 33 heavy (non-hydrogen) atoms. The van der Waals surface area contributed by atoms with E-state index in [4.69, 9.17) is 6.42 Å². The molecule has 1 N–H and O–H groups in total. The predicted molar refractivity (Wildman–Crippen MR) is 126 cm³/mol. The van der Waals surface area contributed by atoms with Gasteiger partial charge in [0.05, 0.1) is 19.6 Å². The van der Waals surface area contributed by atoms with Gasteiger partial charge in [-0.15, -0.1) is 6.42 Å². The first kappa shape index (κ1) is 24.6. The summed E-state index contributed by atoms with van der Waals surface area (Å²) in [4.78, 5) is 43.6. The van der Waals surface area contributed by atoms with Crippen LogP contribution in [0.1, 0.15) is 46.1 Å². The van der Waals surface area contributed by atoms with Crippen molar-refractivity contribution in [2.45, 2.75) is 65.3 Å². The third-order valence-electron chi connectivity index (χ3n) is 6.49. The molecule has 2 heterocycles. The second-order valence-electron chi connectivity index (χ2n) is 8.95. The fraction of sp³-hybridized carbons (Fsp3) is 0.560. The van der Waals surface area contributed by atoms with Crippen LogP contribution in [-0.4, -0.2) is 75.5 Å². The molecule has 4 amide bonds. The van der Waals surface area contributed by atoms with Crippen molar-refractivity contribution in [3.05, 3.63) is 35.9 Å². The number of benzene rings is 1. The molecule has 3 rings (SSSR count). The van der Waals surface area contributed by atoms with Crippen molar-refractivity contribution in [1.29, 1.82) is 0 Å². The van der Waals surface area contributed by atoms with E-state index in [2.05, 4.69) is 25.1 Å². The topological polar surface area (TPSA) is 76.2 Å². The van der Waals surface area contributed by atoms with E-state index in [9.17, 15) is 14.4 Å². The summed E-state index contributed by atoms with van der Waals surface area (Å²) in [5, 5.41) is 6.14. The third kappa shape index (κ3) is 4.98. The molecule has 1 aromatic rings. The molecular formula is C25H35N5O3. The number of hydrazine groups is 1. The zero-order valence-electron chi connectivity index (χ0n) is 20.0. The molecule has 0 unspecified atom stereocenters. The maximum atomic E-state index is 13.5. The smallest absolute Gasteiger partial charge is 0.334 e. The SMILES string of the molecule is C#CCN1CC(=O)N2[C@@H](C(C)C)C(=O)N(C(CC)CC)C[C@@H]2N1C(=O)NCc1ccccc1. The normalized spacial score (nSPS) is 21.4. The number of hydrogen-bond donors (Lipinski definition) is 1. The number of carbonyl (C=O) groups excluding carboxylic acids is 3. The molecule has 0 bridgehead atoms. The quantitative estimate of drug-likeness (QED) is 0.643. The summed E-state index contributed by atoms with van der Waals surface area (Å²) < 4.78 is 0. The Hall–Kier alpha value is -3.05. The molecule has 178 valence electrons. The van der Waals surface area contributed by atoms with Crippen molar-refractivity contribution >= 4 is 17.8 Å². The van der Waals surface area contributed by atoms with Crippen molar-refractivity contribution in [3.63, 3.8) is 0 Å². The number of nitrogens with zero attached hydrogens (tertiary/aromatic N) is 4. The molecule has 2 atom stereocenters. The third-order valence-corrected chi connectivity index (χ3v) is 6.49. The highest BCUT2D eigenvalue weighted by atomic mass is 16.2. The van der Waals surface area contributed by atoms with Gasteiger partial charge in [-0.25, -0.2) is 9.80 Å². The number of urea groups is 1. The summed E-state index contributed by atoms with van der Waals surface area (Å²) in [6.45, 7) is 8.69. The van der Waals surface area contributed by atoms with Crippen molar-refractivity contribution < 1.29 is 14.4 Å². The van der Waals surface area contributed by atoms with Crippen LogP contribution in [0.3, 0.4) is 0 Å². The van der Waals surface area contributed by atoms with Gasteiger partial charge in [0, 0.05) is 12.6 Å². The molecule has 0 aromatic heterocycles. The fourth-order valence-electron chi connectivity index (χ4n) is 4.87. The lowest BCUT2D eigenvalue weighted by atomic mass is 9.94. The highest BCUT2D eigenvalue weighted by Crippen LogP contribution is 2.31. The average Bonchev–Trinajstić information content (AvgIpc) is 2.80. The summed E-state index contributed by atoms with van der Waals surface area (Å²) in [5.74, 6) is 2.25. The minimum atomic E-state index is -0.616. The summed E-state index contributed by atoms with van der Waals surface area (Å²) in [5.41, 5.74) is 0.969. The molecule has 1 aromatic carbocycles. The van der Waals surface area contributed by atoms with Gasteiger partial charge >= 0.3 is 6.03 Å². The Kier molecular flexibility index (Phi) is 7.98. The highest BCUT2D eigenvalue weighted by Gasteiger charge is 2.52. The molecule has 0 aliphatic carbocycles. The van der Waals surface area contributed by atoms with Gasteiger partial charge in [-0.1, -0.05) is 63.9 Å². The monoisotopic (exact) mass is 453 g/mol. The highest BCUT2D eigenvalue weighted by molar-refractivity contribution is 5.91. The average molecular weight is 454 g/mol. The summed E-state index contributed by atoms with van der Waals surface area (Å²) in [6.07, 6.45) is 6.58. The van der Waals surface area contributed by atoms with E-state index in [1.54, 1.807) is 14.9 Å². The maximum Gasteiger partial charge on any atom is 0.334 e. The summed E-state index contributed by atoms with van der Waals surface area (Å²) in [7, 11) is 0. The van der Waals surface area contributed by atoms with Crippen molar-refractivity contribution in [3.8, 4) is 12.3 Å². The van der Waals surface area contributed by atoms with Crippen LogP contribution < -0.4 is 5.32 Å². The van der Waals surface area contributed by atoms with Gasteiger partial charge in [0.25, 0.3) is 0 Å². The standard InChI is InChI=1S/C25H35N5O3/c1-6-14-27-17-22(31)29-21(30(27)25(33)26-15-19-12-10-9-11-13-19)16-28(20(7-2)8-3)24(32)23(29)18(4)5/h1,9-13,18,20-21,23H,7-8,14-17H2,2-5H3,(H,26,33)/t21-,23-/m0/s1. The number of hydrogen-bond acceptors (Lipinski definition) is 4. The molecule has 0 spiro atoms. The van der Waals surface area contributed by atoms with Crippen LogP contribution in [0.5, 0.6) is 0 Å². The van der Waals surface area contributed by atoms with Crippen LogP contribution in [0.4, 0.5) is 4.79 Å². The summed E-state index contributed by atoms with van der Waals surface area (Å²) in [6, 6.07) is 8.73. The van der Waals surface area contributed by atoms with E-state index in [0.29, 0.717) is 6.54 Å². The van der Waals surface area contributed by atoms with E-state index in [1.165, 1.54) is 0 Å².